The van der Waals surface area contributed by atoms with Crippen molar-refractivity contribution in [2.45, 2.75) is 43.8 Å². The van der Waals surface area contributed by atoms with E-state index >= 15 is 0 Å². The van der Waals surface area contributed by atoms with Crippen LogP contribution < -0.4 is 15.2 Å². The molecule has 0 spiro atoms. The fourth-order valence-corrected chi connectivity index (χ4v) is 3.74. The summed E-state index contributed by atoms with van der Waals surface area (Å²) in [6.07, 6.45) is 3.86. The molecule has 2 aliphatic heterocycles. The maximum Gasteiger partial charge on any atom is 0.261 e. The zero-order chi connectivity index (χ0) is 15.0. The standard InChI is InChI=1S/C16H22N2O3/c1-20-13-4-3-5-14(21-2)15(13)16(19)18-11-6-7-12(18)9-10(17)8-11/h3-5,10-12H,6-9,17H2,1-2H3. The molecular weight excluding hydrogens is 268 g/mol. The van der Waals surface area contributed by atoms with Gasteiger partial charge >= 0.3 is 0 Å². The van der Waals surface area contributed by atoms with Crippen molar-refractivity contribution in [2.24, 2.45) is 5.73 Å². The van der Waals surface area contributed by atoms with Gasteiger partial charge in [0.15, 0.2) is 0 Å². The minimum absolute atomic E-state index is 0.00343. The Balaban J connectivity index is 1.96. The van der Waals surface area contributed by atoms with Gasteiger partial charge < -0.3 is 20.1 Å². The summed E-state index contributed by atoms with van der Waals surface area (Å²) in [5.41, 5.74) is 6.60. The molecule has 5 heteroatoms. The first kappa shape index (κ1) is 14.2. The molecule has 1 aromatic rings. The molecule has 21 heavy (non-hydrogen) atoms. The SMILES string of the molecule is COc1cccc(OC)c1C(=O)N1C2CCC1CC(N)C2. The molecule has 2 N–H and O–H groups in total. The van der Waals surface area contributed by atoms with E-state index in [0.29, 0.717) is 17.1 Å². The second-order valence-electron chi connectivity index (χ2n) is 5.87. The molecule has 1 aromatic carbocycles. The second-order valence-corrected chi connectivity index (χ2v) is 5.87. The third-order valence-electron chi connectivity index (χ3n) is 4.65. The molecule has 2 saturated heterocycles. The van der Waals surface area contributed by atoms with Crippen molar-refractivity contribution in [1.29, 1.82) is 0 Å². The zero-order valence-corrected chi connectivity index (χ0v) is 12.5. The van der Waals surface area contributed by atoms with Crippen LogP contribution in [0, 0.1) is 0 Å². The molecule has 2 aliphatic rings. The van der Waals surface area contributed by atoms with Crippen molar-refractivity contribution < 1.29 is 14.3 Å². The Hall–Kier alpha value is -1.75. The van der Waals surface area contributed by atoms with Gasteiger partial charge in [0, 0.05) is 18.1 Å². The molecule has 2 unspecified atom stereocenters. The van der Waals surface area contributed by atoms with Crippen molar-refractivity contribution in [1.82, 2.24) is 4.90 Å². The fourth-order valence-electron chi connectivity index (χ4n) is 3.74. The number of fused-ring (bicyclic) bond motifs is 2. The topological polar surface area (TPSA) is 64.8 Å². The number of nitrogens with two attached hydrogens (primary N) is 1. The van der Waals surface area contributed by atoms with Gasteiger partial charge in [-0.2, -0.15) is 0 Å². The van der Waals surface area contributed by atoms with Crippen LogP contribution in [0.5, 0.6) is 11.5 Å². The summed E-state index contributed by atoms with van der Waals surface area (Å²) in [6.45, 7) is 0. The van der Waals surface area contributed by atoms with Crippen LogP contribution in [0.3, 0.4) is 0 Å². The maximum atomic E-state index is 13.1. The minimum Gasteiger partial charge on any atom is -0.496 e. The molecule has 0 radical (unpaired) electrons. The van der Waals surface area contributed by atoms with E-state index in [1.54, 1.807) is 26.4 Å². The lowest BCUT2D eigenvalue weighted by Crippen LogP contribution is -2.50. The van der Waals surface area contributed by atoms with Crippen LogP contribution >= 0.6 is 0 Å². The number of hydrogen-bond acceptors (Lipinski definition) is 4. The molecule has 2 atom stereocenters. The van der Waals surface area contributed by atoms with Gasteiger partial charge in [0.1, 0.15) is 17.1 Å². The minimum atomic E-state index is 0.00343. The summed E-state index contributed by atoms with van der Waals surface area (Å²) in [5.74, 6) is 1.13. The lowest BCUT2D eigenvalue weighted by Gasteiger charge is -2.38. The first-order valence-corrected chi connectivity index (χ1v) is 7.45. The molecule has 1 amide bonds. The molecule has 2 bridgehead atoms. The summed E-state index contributed by atoms with van der Waals surface area (Å²) in [5, 5.41) is 0. The highest BCUT2D eigenvalue weighted by Crippen LogP contribution is 2.39. The predicted molar refractivity (Wildman–Crippen MR) is 79.7 cm³/mol. The third-order valence-corrected chi connectivity index (χ3v) is 4.65. The Morgan fingerprint density at radius 2 is 1.67 bits per heavy atom. The van der Waals surface area contributed by atoms with Gasteiger partial charge in [-0.05, 0) is 37.8 Å². The predicted octanol–water partition coefficient (Wildman–Crippen LogP) is 1.80. The smallest absolute Gasteiger partial charge is 0.261 e. The van der Waals surface area contributed by atoms with Gasteiger partial charge in [0.05, 0.1) is 14.2 Å². The van der Waals surface area contributed by atoms with Gasteiger partial charge in [-0.3, -0.25) is 4.79 Å². The van der Waals surface area contributed by atoms with E-state index in [2.05, 4.69) is 0 Å². The number of piperidine rings is 1. The highest BCUT2D eigenvalue weighted by molar-refractivity contribution is 6.00. The average Bonchev–Trinajstić information content (AvgIpc) is 2.77. The second kappa shape index (κ2) is 5.56. The monoisotopic (exact) mass is 290 g/mol. The number of methoxy groups -OCH3 is 2. The van der Waals surface area contributed by atoms with Crippen LogP contribution in [-0.4, -0.2) is 43.2 Å². The van der Waals surface area contributed by atoms with E-state index in [0.717, 1.165) is 25.7 Å². The van der Waals surface area contributed by atoms with Crippen LogP contribution in [0.25, 0.3) is 0 Å². The largest absolute Gasteiger partial charge is 0.496 e. The molecule has 0 saturated carbocycles. The quantitative estimate of drug-likeness (QED) is 0.922. The van der Waals surface area contributed by atoms with E-state index in [4.69, 9.17) is 15.2 Å². The maximum absolute atomic E-state index is 13.1. The number of rotatable bonds is 3. The van der Waals surface area contributed by atoms with E-state index in [1.807, 2.05) is 11.0 Å². The van der Waals surface area contributed by atoms with Gasteiger partial charge in [0.25, 0.3) is 5.91 Å². The van der Waals surface area contributed by atoms with Crippen LogP contribution in [-0.2, 0) is 0 Å². The Bertz CT molecular complexity index is 510. The fraction of sp³-hybridized carbons (Fsp3) is 0.562. The van der Waals surface area contributed by atoms with Gasteiger partial charge in [-0.25, -0.2) is 0 Å². The Labute approximate surface area is 125 Å². The number of carbonyl (C=O) groups is 1. The van der Waals surface area contributed by atoms with Crippen molar-refractivity contribution in [3.05, 3.63) is 23.8 Å². The van der Waals surface area contributed by atoms with Crippen LogP contribution in [0.2, 0.25) is 0 Å². The molecular formula is C16H22N2O3. The molecule has 114 valence electrons. The van der Waals surface area contributed by atoms with Crippen LogP contribution in [0.15, 0.2) is 18.2 Å². The molecule has 0 aliphatic carbocycles. The normalized spacial score (nSPS) is 27.6. The van der Waals surface area contributed by atoms with Crippen LogP contribution in [0.4, 0.5) is 0 Å². The molecule has 2 heterocycles. The first-order valence-electron chi connectivity index (χ1n) is 7.45. The van der Waals surface area contributed by atoms with Gasteiger partial charge in [0.2, 0.25) is 0 Å². The third kappa shape index (κ3) is 2.35. The molecule has 2 fully saturated rings. The number of carbonyl (C=O) groups excluding carboxylic acids is 1. The van der Waals surface area contributed by atoms with Crippen LogP contribution in [0.1, 0.15) is 36.0 Å². The van der Waals surface area contributed by atoms with Gasteiger partial charge in [-0.1, -0.05) is 6.07 Å². The Kier molecular flexibility index (Phi) is 3.76. The summed E-state index contributed by atoms with van der Waals surface area (Å²) in [6, 6.07) is 6.14. The van der Waals surface area contributed by atoms with E-state index in [9.17, 15) is 4.79 Å². The van der Waals surface area contributed by atoms with E-state index in [1.165, 1.54) is 0 Å². The highest BCUT2D eigenvalue weighted by atomic mass is 16.5. The molecule has 0 aromatic heterocycles. The number of hydrogen-bond donors (Lipinski definition) is 1. The Morgan fingerprint density at radius 3 is 2.14 bits per heavy atom. The number of benzene rings is 1. The zero-order valence-electron chi connectivity index (χ0n) is 12.5. The average molecular weight is 290 g/mol. The summed E-state index contributed by atoms with van der Waals surface area (Å²) < 4.78 is 10.7. The summed E-state index contributed by atoms with van der Waals surface area (Å²) >= 11 is 0. The molecule has 3 rings (SSSR count). The lowest BCUT2D eigenvalue weighted by atomic mass is 9.97. The van der Waals surface area contributed by atoms with E-state index in [-0.39, 0.29) is 24.0 Å². The molecule has 5 nitrogen and oxygen atoms in total. The van der Waals surface area contributed by atoms with Crippen molar-refractivity contribution in [3.63, 3.8) is 0 Å². The van der Waals surface area contributed by atoms with Gasteiger partial charge in [-0.15, -0.1) is 0 Å². The van der Waals surface area contributed by atoms with E-state index < -0.39 is 0 Å². The summed E-state index contributed by atoms with van der Waals surface area (Å²) in [7, 11) is 3.15. The number of amides is 1. The number of nitrogens with zero attached hydrogens (tertiary/aromatic N) is 1. The highest BCUT2D eigenvalue weighted by Gasteiger charge is 2.43. The first-order chi connectivity index (χ1) is 10.2. The Morgan fingerprint density at radius 1 is 1.14 bits per heavy atom. The van der Waals surface area contributed by atoms with Crippen molar-refractivity contribution in [2.75, 3.05) is 14.2 Å². The van der Waals surface area contributed by atoms with Crippen molar-refractivity contribution >= 4 is 5.91 Å². The van der Waals surface area contributed by atoms with Crippen molar-refractivity contribution in [3.8, 4) is 11.5 Å². The number of ether oxygens (including phenoxy) is 2. The lowest BCUT2D eigenvalue weighted by molar-refractivity contribution is 0.0568. The summed E-state index contributed by atoms with van der Waals surface area (Å²) in [4.78, 5) is 15.1.